The van der Waals surface area contributed by atoms with E-state index in [1.165, 1.54) is 13.1 Å². The van der Waals surface area contributed by atoms with Crippen LogP contribution in [-0.4, -0.2) is 28.1 Å². The van der Waals surface area contributed by atoms with E-state index in [0.29, 0.717) is 24.1 Å². The van der Waals surface area contributed by atoms with Crippen LogP contribution < -0.4 is 10.9 Å². The smallest absolute Gasteiger partial charge is 0.407 e. The average molecular weight is 323 g/mol. The van der Waals surface area contributed by atoms with Crippen LogP contribution in [0.2, 0.25) is 0 Å². The van der Waals surface area contributed by atoms with Crippen molar-refractivity contribution in [3.8, 4) is 0 Å². The SMILES string of the molecule is Cc1c(C=CCCNC(=O)OC(C)(C)C)c[nH]c(=O)c1[N+](=O)[O-]. The van der Waals surface area contributed by atoms with Crippen LogP contribution >= 0.6 is 0 Å². The highest BCUT2D eigenvalue weighted by Crippen LogP contribution is 2.17. The third-order valence-electron chi connectivity index (χ3n) is 2.82. The van der Waals surface area contributed by atoms with Gasteiger partial charge in [-0.15, -0.1) is 0 Å². The van der Waals surface area contributed by atoms with Gasteiger partial charge in [-0.3, -0.25) is 14.9 Å². The molecule has 8 nitrogen and oxygen atoms in total. The fourth-order valence-electron chi connectivity index (χ4n) is 1.80. The molecule has 0 radical (unpaired) electrons. The third-order valence-corrected chi connectivity index (χ3v) is 2.82. The molecule has 1 amide bonds. The van der Waals surface area contributed by atoms with Crippen LogP contribution in [0.3, 0.4) is 0 Å². The van der Waals surface area contributed by atoms with Crippen LogP contribution in [0.25, 0.3) is 6.08 Å². The number of hydrogen-bond acceptors (Lipinski definition) is 5. The van der Waals surface area contributed by atoms with Crippen LogP contribution in [0.5, 0.6) is 0 Å². The van der Waals surface area contributed by atoms with Crippen LogP contribution in [-0.2, 0) is 4.74 Å². The number of H-pyrrole nitrogens is 1. The van der Waals surface area contributed by atoms with Crippen LogP contribution in [0, 0.1) is 17.0 Å². The second-order valence-electron chi connectivity index (χ2n) is 5.92. The zero-order valence-corrected chi connectivity index (χ0v) is 13.6. The number of aromatic nitrogens is 1. The predicted molar refractivity (Wildman–Crippen MR) is 86.3 cm³/mol. The van der Waals surface area contributed by atoms with Crippen molar-refractivity contribution in [1.29, 1.82) is 0 Å². The van der Waals surface area contributed by atoms with Crippen molar-refractivity contribution >= 4 is 17.9 Å². The van der Waals surface area contributed by atoms with Gasteiger partial charge in [-0.05, 0) is 34.1 Å². The Morgan fingerprint density at radius 2 is 2.13 bits per heavy atom. The Balaban J connectivity index is 2.60. The number of rotatable bonds is 5. The Morgan fingerprint density at radius 3 is 2.70 bits per heavy atom. The number of nitro groups is 1. The van der Waals surface area contributed by atoms with Gasteiger partial charge in [0.05, 0.1) is 4.92 Å². The minimum Gasteiger partial charge on any atom is -0.444 e. The molecule has 0 spiro atoms. The van der Waals surface area contributed by atoms with Crippen molar-refractivity contribution in [1.82, 2.24) is 10.3 Å². The molecule has 0 saturated heterocycles. The van der Waals surface area contributed by atoms with Crippen molar-refractivity contribution in [3.05, 3.63) is 43.9 Å². The van der Waals surface area contributed by atoms with E-state index < -0.39 is 27.9 Å². The van der Waals surface area contributed by atoms with Crippen molar-refractivity contribution in [3.63, 3.8) is 0 Å². The second-order valence-corrected chi connectivity index (χ2v) is 5.92. The molecule has 0 aliphatic heterocycles. The summed E-state index contributed by atoms with van der Waals surface area (Å²) in [5.74, 6) is 0. The fraction of sp³-hybridized carbons (Fsp3) is 0.467. The van der Waals surface area contributed by atoms with E-state index in [-0.39, 0.29) is 0 Å². The molecule has 1 heterocycles. The standard InChI is InChI=1S/C15H21N3O5/c1-10-11(9-17-13(19)12(10)18(21)22)7-5-6-8-16-14(20)23-15(2,3)4/h5,7,9H,6,8H2,1-4H3,(H,16,20)(H,17,19). The van der Waals surface area contributed by atoms with Crippen LogP contribution in [0.4, 0.5) is 10.5 Å². The molecule has 0 saturated carbocycles. The first kappa shape index (κ1) is 18.4. The Labute approximate surface area is 133 Å². The summed E-state index contributed by atoms with van der Waals surface area (Å²) in [5, 5.41) is 13.5. The molecule has 8 heteroatoms. The van der Waals surface area contributed by atoms with Gasteiger partial charge >= 0.3 is 17.3 Å². The lowest BCUT2D eigenvalue weighted by Crippen LogP contribution is -2.32. The van der Waals surface area contributed by atoms with Crippen molar-refractivity contribution in [2.24, 2.45) is 0 Å². The molecular weight excluding hydrogens is 302 g/mol. The first-order chi connectivity index (χ1) is 10.6. The number of nitrogens with one attached hydrogen (secondary N) is 2. The molecule has 0 bridgehead atoms. The monoisotopic (exact) mass is 323 g/mol. The molecular formula is C15H21N3O5. The van der Waals surface area contributed by atoms with E-state index in [9.17, 15) is 19.7 Å². The highest BCUT2D eigenvalue weighted by molar-refractivity contribution is 5.67. The maximum Gasteiger partial charge on any atom is 0.407 e. The summed E-state index contributed by atoms with van der Waals surface area (Å²) in [6.07, 6.45) is 4.85. The Morgan fingerprint density at radius 1 is 1.48 bits per heavy atom. The van der Waals surface area contributed by atoms with E-state index in [0.717, 1.165) is 0 Å². The van der Waals surface area contributed by atoms with Gasteiger partial charge in [-0.25, -0.2) is 4.79 Å². The summed E-state index contributed by atoms with van der Waals surface area (Å²) < 4.78 is 5.09. The van der Waals surface area contributed by atoms with Crippen molar-refractivity contribution in [2.75, 3.05) is 6.54 Å². The Hall–Kier alpha value is -2.64. The number of nitrogens with zero attached hydrogens (tertiary/aromatic N) is 1. The number of carbonyl (C=O) groups excluding carboxylic acids is 1. The van der Waals surface area contributed by atoms with E-state index >= 15 is 0 Å². The van der Waals surface area contributed by atoms with Crippen molar-refractivity contribution in [2.45, 2.75) is 39.7 Å². The summed E-state index contributed by atoms with van der Waals surface area (Å²) in [5.41, 5.74) is -0.884. The minimum absolute atomic E-state index is 0.301. The number of alkyl carbamates (subject to hydrolysis) is 1. The van der Waals surface area contributed by atoms with Gasteiger partial charge in [0.25, 0.3) is 0 Å². The Kier molecular flexibility index (Phi) is 6.06. The first-order valence-electron chi connectivity index (χ1n) is 7.12. The summed E-state index contributed by atoms with van der Waals surface area (Å²) in [7, 11) is 0. The topological polar surface area (TPSA) is 114 Å². The van der Waals surface area contributed by atoms with Gasteiger partial charge in [0, 0.05) is 23.9 Å². The molecule has 0 aliphatic rings. The number of pyridine rings is 1. The van der Waals surface area contributed by atoms with Crippen LogP contribution in [0.15, 0.2) is 17.1 Å². The lowest BCUT2D eigenvalue weighted by Gasteiger charge is -2.19. The molecule has 0 aromatic carbocycles. The number of ether oxygens (including phenoxy) is 1. The summed E-state index contributed by atoms with van der Waals surface area (Å²) in [6, 6.07) is 0. The second kappa shape index (κ2) is 7.57. The molecule has 1 rings (SSSR count). The van der Waals surface area contributed by atoms with Crippen LogP contribution in [0.1, 0.15) is 38.3 Å². The zero-order valence-electron chi connectivity index (χ0n) is 13.6. The van der Waals surface area contributed by atoms with Gasteiger partial charge < -0.3 is 15.0 Å². The molecule has 2 N–H and O–H groups in total. The number of carbonyl (C=O) groups is 1. The van der Waals surface area contributed by atoms with Gasteiger partial charge in [0.15, 0.2) is 0 Å². The summed E-state index contributed by atoms with van der Waals surface area (Å²) >= 11 is 0. The Bertz CT molecular complexity index is 671. The maximum atomic E-state index is 11.4. The van der Waals surface area contributed by atoms with Gasteiger partial charge in [0.2, 0.25) is 0 Å². The number of amides is 1. The average Bonchev–Trinajstić information content (AvgIpc) is 2.38. The number of hydrogen-bond donors (Lipinski definition) is 2. The molecule has 1 aromatic rings. The van der Waals surface area contributed by atoms with E-state index in [2.05, 4.69) is 10.3 Å². The lowest BCUT2D eigenvalue weighted by molar-refractivity contribution is -0.386. The molecule has 0 atom stereocenters. The van der Waals surface area contributed by atoms with E-state index in [1.54, 1.807) is 32.9 Å². The molecule has 0 aliphatic carbocycles. The van der Waals surface area contributed by atoms with Crippen molar-refractivity contribution < 1.29 is 14.5 Å². The largest absolute Gasteiger partial charge is 0.444 e. The maximum absolute atomic E-state index is 11.4. The third kappa shape index (κ3) is 5.93. The highest BCUT2D eigenvalue weighted by Gasteiger charge is 2.18. The highest BCUT2D eigenvalue weighted by atomic mass is 16.6. The van der Waals surface area contributed by atoms with Gasteiger partial charge in [0.1, 0.15) is 5.60 Å². The summed E-state index contributed by atoms with van der Waals surface area (Å²) in [6.45, 7) is 7.22. The molecule has 126 valence electrons. The van der Waals surface area contributed by atoms with Gasteiger partial charge in [-0.2, -0.15) is 0 Å². The van der Waals surface area contributed by atoms with E-state index in [1.807, 2.05) is 0 Å². The molecule has 0 fully saturated rings. The normalized spacial score (nSPS) is 11.5. The zero-order chi connectivity index (χ0) is 17.6. The minimum atomic E-state index is -0.726. The lowest BCUT2D eigenvalue weighted by atomic mass is 10.1. The summed E-state index contributed by atoms with van der Waals surface area (Å²) in [4.78, 5) is 35.3. The number of aromatic amines is 1. The fourth-order valence-corrected chi connectivity index (χ4v) is 1.80. The first-order valence-corrected chi connectivity index (χ1v) is 7.12. The van der Waals surface area contributed by atoms with Gasteiger partial charge in [-0.1, -0.05) is 12.2 Å². The quantitative estimate of drug-likeness (QED) is 0.491. The molecule has 0 unspecified atom stereocenters. The van der Waals surface area contributed by atoms with E-state index in [4.69, 9.17) is 4.74 Å². The molecule has 23 heavy (non-hydrogen) atoms. The predicted octanol–water partition coefficient (Wildman–Crippen LogP) is 2.52. The molecule has 1 aromatic heterocycles.